The topological polar surface area (TPSA) is 121 Å². The van der Waals surface area contributed by atoms with Gasteiger partial charge in [0, 0.05) is 30.8 Å². The van der Waals surface area contributed by atoms with Crippen LogP contribution in [0.2, 0.25) is 0 Å². The summed E-state index contributed by atoms with van der Waals surface area (Å²) in [4.78, 5) is 36.8. The van der Waals surface area contributed by atoms with Gasteiger partial charge in [0.1, 0.15) is 6.61 Å². The van der Waals surface area contributed by atoms with E-state index in [4.69, 9.17) is 13.9 Å². The number of ether oxygens (including phenoxy) is 3. The molecule has 1 aliphatic heterocycles. The van der Waals surface area contributed by atoms with E-state index < -0.39 is 16.9 Å². The van der Waals surface area contributed by atoms with E-state index in [1.54, 1.807) is 0 Å². The summed E-state index contributed by atoms with van der Waals surface area (Å²) in [5.74, 6) is -1.51. The van der Waals surface area contributed by atoms with Crippen molar-refractivity contribution in [2.45, 2.75) is 6.61 Å². The monoisotopic (exact) mass is 390 g/mol. The summed E-state index contributed by atoms with van der Waals surface area (Å²) in [7, 11) is 1.21. The molecule has 0 bridgehead atoms. The molecule has 0 aliphatic carbocycles. The number of hydrogen-bond acceptors (Lipinski definition) is 9. The summed E-state index contributed by atoms with van der Waals surface area (Å²) in [5.41, 5.74) is 0.708. The molecular formula is C18H18N2O8. The Hall–Kier alpha value is -3.40. The number of morpholine rings is 1. The van der Waals surface area contributed by atoms with Crippen LogP contribution in [0.15, 0.2) is 34.9 Å². The molecule has 148 valence electrons. The van der Waals surface area contributed by atoms with E-state index in [2.05, 4.69) is 4.74 Å². The number of non-ortho nitro benzene ring substituents is 1. The zero-order valence-electron chi connectivity index (χ0n) is 15.1. The van der Waals surface area contributed by atoms with E-state index >= 15 is 0 Å². The lowest BCUT2D eigenvalue weighted by atomic mass is 10.1. The second-order valence-corrected chi connectivity index (χ2v) is 5.90. The molecule has 0 radical (unpaired) electrons. The molecule has 1 fully saturated rings. The number of nitro benzene ring substituents is 1. The smallest absolute Gasteiger partial charge is 0.374 e. The van der Waals surface area contributed by atoms with Crippen LogP contribution in [0.1, 0.15) is 26.5 Å². The summed E-state index contributed by atoms with van der Waals surface area (Å²) in [6.45, 7) is 1.83. The molecule has 1 saturated heterocycles. The predicted octanol–water partition coefficient (Wildman–Crippen LogP) is 2.17. The lowest BCUT2D eigenvalue weighted by molar-refractivity contribution is -0.384. The Bertz CT molecular complexity index is 885. The number of benzene rings is 1. The maximum atomic E-state index is 12.7. The highest BCUT2D eigenvalue weighted by molar-refractivity contribution is 5.97. The zero-order valence-corrected chi connectivity index (χ0v) is 15.1. The van der Waals surface area contributed by atoms with Crippen molar-refractivity contribution < 1.29 is 33.1 Å². The van der Waals surface area contributed by atoms with Crippen molar-refractivity contribution in [3.05, 3.63) is 57.5 Å². The Morgan fingerprint density at radius 3 is 2.64 bits per heavy atom. The van der Waals surface area contributed by atoms with Gasteiger partial charge >= 0.3 is 11.9 Å². The number of anilines is 1. The number of carbonyl (C=O) groups excluding carboxylic acids is 2. The second kappa shape index (κ2) is 8.53. The molecule has 0 unspecified atom stereocenters. The van der Waals surface area contributed by atoms with Gasteiger partial charge in [0.05, 0.1) is 42.8 Å². The first-order chi connectivity index (χ1) is 13.5. The van der Waals surface area contributed by atoms with Crippen LogP contribution in [-0.2, 0) is 20.8 Å². The summed E-state index contributed by atoms with van der Waals surface area (Å²) < 4.78 is 20.2. The number of esters is 2. The molecule has 10 nitrogen and oxygen atoms in total. The Labute approximate surface area is 159 Å². The molecule has 28 heavy (non-hydrogen) atoms. The Morgan fingerprint density at radius 1 is 1.21 bits per heavy atom. The number of nitrogens with zero attached hydrogens (tertiary/aromatic N) is 2. The quantitative estimate of drug-likeness (QED) is 0.415. The van der Waals surface area contributed by atoms with E-state index in [-0.39, 0.29) is 23.6 Å². The number of methoxy groups -OCH3 is 1. The number of rotatable bonds is 6. The van der Waals surface area contributed by atoms with Crippen molar-refractivity contribution in [3.63, 3.8) is 0 Å². The highest BCUT2D eigenvalue weighted by Crippen LogP contribution is 2.27. The molecule has 0 saturated carbocycles. The van der Waals surface area contributed by atoms with Crippen LogP contribution in [0.25, 0.3) is 0 Å². The SMILES string of the molecule is COC(=O)c1occc1COC(=O)c1cc([N+](=O)[O-])ccc1N1CCOCC1. The minimum Gasteiger partial charge on any atom is -0.463 e. The first-order valence-electron chi connectivity index (χ1n) is 8.44. The van der Waals surface area contributed by atoms with Gasteiger partial charge in [0.25, 0.3) is 5.69 Å². The first-order valence-corrected chi connectivity index (χ1v) is 8.44. The van der Waals surface area contributed by atoms with Crippen molar-refractivity contribution in [1.29, 1.82) is 0 Å². The van der Waals surface area contributed by atoms with Crippen LogP contribution < -0.4 is 4.90 Å². The van der Waals surface area contributed by atoms with Crippen molar-refractivity contribution in [1.82, 2.24) is 0 Å². The normalized spacial score (nSPS) is 13.8. The number of nitro groups is 1. The Morgan fingerprint density at radius 2 is 1.96 bits per heavy atom. The van der Waals surface area contributed by atoms with Crippen molar-refractivity contribution >= 4 is 23.3 Å². The average Bonchev–Trinajstić information content (AvgIpc) is 3.20. The third-order valence-corrected chi connectivity index (χ3v) is 4.24. The van der Waals surface area contributed by atoms with Gasteiger partial charge in [0.15, 0.2) is 0 Å². The first kappa shape index (κ1) is 19.4. The molecule has 10 heteroatoms. The van der Waals surface area contributed by atoms with Gasteiger partial charge in [-0.3, -0.25) is 10.1 Å². The van der Waals surface area contributed by atoms with E-state index in [1.165, 1.54) is 37.6 Å². The van der Waals surface area contributed by atoms with Crippen LogP contribution in [0.5, 0.6) is 0 Å². The zero-order chi connectivity index (χ0) is 20.1. The molecule has 1 aliphatic rings. The highest BCUT2D eigenvalue weighted by atomic mass is 16.6. The Balaban J connectivity index is 1.83. The van der Waals surface area contributed by atoms with Gasteiger partial charge in [-0.25, -0.2) is 9.59 Å². The van der Waals surface area contributed by atoms with E-state index in [0.717, 1.165) is 0 Å². The molecule has 1 aromatic heterocycles. The molecular weight excluding hydrogens is 372 g/mol. The average molecular weight is 390 g/mol. The largest absolute Gasteiger partial charge is 0.463 e. The number of carbonyl (C=O) groups is 2. The molecule has 3 rings (SSSR count). The number of furan rings is 1. The number of hydrogen-bond donors (Lipinski definition) is 0. The predicted molar refractivity (Wildman–Crippen MR) is 95.3 cm³/mol. The van der Waals surface area contributed by atoms with Gasteiger partial charge in [-0.05, 0) is 12.1 Å². The van der Waals surface area contributed by atoms with Gasteiger partial charge in [-0.15, -0.1) is 0 Å². The van der Waals surface area contributed by atoms with Gasteiger partial charge in [-0.1, -0.05) is 0 Å². The lowest BCUT2D eigenvalue weighted by Gasteiger charge is -2.30. The minimum absolute atomic E-state index is 0.0669. The van der Waals surface area contributed by atoms with Crippen LogP contribution in [0, 0.1) is 10.1 Å². The summed E-state index contributed by atoms with van der Waals surface area (Å²) in [5, 5.41) is 11.1. The fourth-order valence-electron chi connectivity index (χ4n) is 2.82. The van der Waals surface area contributed by atoms with Crippen molar-refractivity contribution in [3.8, 4) is 0 Å². The summed E-state index contributed by atoms with van der Waals surface area (Å²) in [6.07, 6.45) is 1.28. The fraction of sp³-hybridized carbons (Fsp3) is 0.333. The fourth-order valence-corrected chi connectivity index (χ4v) is 2.82. The maximum absolute atomic E-state index is 12.7. The molecule has 0 N–H and O–H groups in total. The van der Waals surface area contributed by atoms with E-state index in [1.807, 2.05) is 4.90 Å². The van der Waals surface area contributed by atoms with E-state index in [0.29, 0.717) is 37.6 Å². The van der Waals surface area contributed by atoms with Crippen LogP contribution in [0.4, 0.5) is 11.4 Å². The van der Waals surface area contributed by atoms with Gasteiger partial charge in [-0.2, -0.15) is 0 Å². The summed E-state index contributed by atoms with van der Waals surface area (Å²) >= 11 is 0. The summed E-state index contributed by atoms with van der Waals surface area (Å²) in [6, 6.07) is 5.53. The molecule has 2 heterocycles. The molecule has 1 aromatic carbocycles. The molecule has 0 atom stereocenters. The molecule has 0 spiro atoms. The van der Waals surface area contributed by atoms with Crippen LogP contribution in [-0.4, -0.2) is 50.3 Å². The molecule has 0 amide bonds. The minimum atomic E-state index is -0.748. The third-order valence-electron chi connectivity index (χ3n) is 4.24. The van der Waals surface area contributed by atoms with Gasteiger partial charge in [0.2, 0.25) is 5.76 Å². The van der Waals surface area contributed by atoms with Crippen LogP contribution >= 0.6 is 0 Å². The van der Waals surface area contributed by atoms with Crippen molar-refractivity contribution in [2.24, 2.45) is 0 Å². The Kier molecular flexibility index (Phi) is 5.90. The van der Waals surface area contributed by atoms with Crippen molar-refractivity contribution in [2.75, 3.05) is 38.3 Å². The van der Waals surface area contributed by atoms with Crippen LogP contribution in [0.3, 0.4) is 0 Å². The van der Waals surface area contributed by atoms with Gasteiger partial charge < -0.3 is 23.5 Å². The third kappa shape index (κ3) is 4.12. The molecule has 2 aromatic rings. The second-order valence-electron chi connectivity index (χ2n) is 5.90. The highest BCUT2D eigenvalue weighted by Gasteiger charge is 2.24. The standard InChI is InChI=1S/C18H18N2O8/c1-25-18(22)16-12(4-7-27-16)11-28-17(21)14-10-13(20(23)24)2-3-15(14)19-5-8-26-9-6-19/h2-4,7,10H,5-6,8-9,11H2,1H3. The maximum Gasteiger partial charge on any atom is 0.374 e. The van der Waals surface area contributed by atoms with E-state index in [9.17, 15) is 19.7 Å². The lowest BCUT2D eigenvalue weighted by Crippen LogP contribution is -2.37.